The molecule has 1 atom stereocenters. The van der Waals surface area contributed by atoms with Crippen LogP contribution in [0.4, 0.5) is 24.8 Å². The van der Waals surface area contributed by atoms with Crippen molar-refractivity contribution in [2.24, 2.45) is 0 Å². The molecule has 1 saturated carbocycles. The molecule has 2 fully saturated rings. The Morgan fingerprint density at radius 2 is 1.86 bits per heavy atom. The lowest BCUT2D eigenvalue weighted by Gasteiger charge is -2.15. The zero-order chi connectivity index (χ0) is 30.1. The molecule has 0 radical (unpaired) electrons. The fourth-order valence-electron chi connectivity index (χ4n) is 5.02. The van der Waals surface area contributed by atoms with Crippen LogP contribution in [0.5, 0.6) is 0 Å². The van der Waals surface area contributed by atoms with E-state index in [4.69, 9.17) is 10.8 Å². The Morgan fingerprint density at radius 3 is 2.60 bits per heavy atom. The lowest BCUT2D eigenvalue weighted by Crippen LogP contribution is -2.28. The quantitative estimate of drug-likeness (QED) is 0.263. The molecule has 0 spiro atoms. The summed E-state index contributed by atoms with van der Waals surface area (Å²) in [5.74, 6) is -0.654. The fraction of sp³-hybridized carbons (Fsp3) is 0.310. The zero-order valence-electron chi connectivity index (χ0n) is 22.9. The molecular formula is C29H28F3N9O2. The predicted molar refractivity (Wildman–Crippen MR) is 153 cm³/mol. The Morgan fingerprint density at radius 1 is 1.07 bits per heavy atom. The molecule has 1 aromatic carbocycles. The van der Waals surface area contributed by atoms with E-state index in [-0.39, 0.29) is 29.1 Å². The molecule has 0 bridgehead atoms. The highest BCUT2D eigenvalue weighted by atomic mass is 19.4. The van der Waals surface area contributed by atoms with Gasteiger partial charge in [0.25, 0.3) is 5.91 Å². The largest absolute Gasteiger partial charge is 0.416 e. The Kier molecular flexibility index (Phi) is 7.52. The SMILES string of the molecule is Nc1ncnc2c1c(-c1ccc(C(=O)Nc3cc(C(F)(F)F)ccn3)cc1)nn2C1CCN(C(=O)C=CCNC2CC2)C1. The van der Waals surface area contributed by atoms with Gasteiger partial charge >= 0.3 is 6.18 Å². The van der Waals surface area contributed by atoms with E-state index < -0.39 is 17.6 Å². The fourth-order valence-corrected chi connectivity index (χ4v) is 5.02. The summed E-state index contributed by atoms with van der Waals surface area (Å²) in [4.78, 5) is 39.6. The molecule has 1 aliphatic heterocycles. The monoisotopic (exact) mass is 591 g/mol. The number of carbonyl (C=O) groups excluding carboxylic acids is 2. The van der Waals surface area contributed by atoms with Crippen LogP contribution in [-0.4, -0.2) is 67.1 Å². The molecule has 14 heteroatoms. The molecule has 6 rings (SSSR count). The van der Waals surface area contributed by atoms with Crippen molar-refractivity contribution in [3.8, 4) is 11.3 Å². The Balaban J connectivity index is 1.19. The summed E-state index contributed by atoms with van der Waals surface area (Å²) >= 11 is 0. The van der Waals surface area contributed by atoms with E-state index in [2.05, 4.69) is 25.6 Å². The average molecular weight is 592 g/mol. The van der Waals surface area contributed by atoms with Gasteiger partial charge in [0.2, 0.25) is 5.91 Å². The van der Waals surface area contributed by atoms with Crippen LogP contribution in [0.1, 0.15) is 41.2 Å². The second-order valence-electron chi connectivity index (χ2n) is 10.5. The smallest absolute Gasteiger partial charge is 0.383 e. The number of benzene rings is 1. The number of rotatable bonds is 8. The number of likely N-dealkylation sites (tertiary alicyclic amines) is 1. The van der Waals surface area contributed by atoms with Gasteiger partial charge in [0.15, 0.2) is 5.65 Å². The van der Waals surface area contributed by atoms with Gasteiger partial charge in [-0.15, -0.1) is 0 Å². The first kappa shape index (κ1) is 28.3. The van der Waals surface area contributed by atoms with Crippen molar-refractivity contribution < 1.29 is 22.8 Å². The molecular weight excluding hydrogens is 563 g/mol. The maximum Gasteiger partial charge on any atom is 0.416 e. The second kappa shape index (κ2) is 11.4. The molecule has 2 amide bonds. The second-order valence-corrected chi connectivity index (χ2v) is 10.5. The summed E-state index contributed by atoms with van der Waals surface area (Å²) in [6.07, 6.45) is 4.30. The molecule has 1 aliphatic carbocycles. The molecule has 4 heterocycles. The van der Waals surface area contributed by atoms with Crippen molar-refractivity contribution in [1.82, 2.24) is 34.9 Å². The minimum Gasteiger partial charge on any atom is -0.383 e. The first-order valence-corrected chi connectivity index (χ1v) is 13.8. The van der Waals surface area contributed by atoms with E-state index in [9.17, 15) is 22.8 Å². The van der Waals surface area contributed by atoms with E-state index in [1.807, 2.05) is 6.08 Å². The van der Waals surface area contributed by atoms with Crippen LogP contribution < -0.4 is 16.4 Å². The number of anilines is 2. The first-order chi connectivity index (χ1) is 20.7. The Labute approximate surface area is 244 Å². The molecule has 4 N–H and O–H groups in total. The third-order valence-electron chi connectivity index (χ3n) is 7.45. The van der Waals surface area contributed by atoms with E-state index in [1.54, 1.807) is 27.8 Å². The number of hydrogen-bond donors (Lipinski definition) is 3. The molecule has 11 nitrogen and oxygen atoms in total. The Bertz CT molecular complexity index is 1700. The normalized spacial score (nSPS) is 17.2. The van der Waals surface area contributed by atoms with E-state index >= 15 is 0 Å². The Hall–Kier alpha value is -4.85. The van der Waals surface area contributed by atoms with Crippen molar-refractivity contribution in [2.75, 3.05) is 30.7 Å². The number of aromatic nitrogens is 5. The summed E-state index contributed by atoms with van der Waals surface area (Å²) in [6, 6.07) is 8.44. The third-order valence-corrected chi connectivity index (χ3v) is 7.45. The van der Waals surface area contributed by atoms with Gasteiger partial charge in [0, 0.05) is 49.1 Å². The highest BCUT2D eigenvalue weighted by molar-refractivity contribution is 6.04. The highest BCUT2D eigenvalue weighted by Crippen LogP contribution is 2.34. The molecule has 1 unspecified atom stereocenters. The van der Waals surface area contributed by atoms with Gasteiger partial charge in [-0.25, -0.2) is 19.6 Å². The van der Waals surface area contributed by atoms with Gasteiger partial charge in [0.1, 0.15) is 23.7 Å². The van der Waals surface area contributed by atoms with Gasteiger partial charge in [-0.05, 0) is 43.5 Å². The maximum absolute atomic E-state index is 13.0. The van der Waals surface area contributed by atoms with Crippen LogP contribution >= 0.6 is 0 Å². The summed E-state index contributed by atoms with van der Waals surface area (Å²) in [7, 11) is 0. The minimum absolute atomic E-state index is 0.0554. The van der Waals surface area contributed by atoms with Crippen molar-refractivity contribution >= 4 is 34.5 Å². The number of fused-ring (bicyclic) bond motifs is 1. The van der Waals surface area contributed by atoms with E-state index in [1.165, 1.54) is 31.3 Å². The number of hydrogen-bond acceptors (Lipinski definition) is 8. The van der Waals surface area contributed by atoms with Gasteiger partial charge in [0.05, 0.1) is 17.0 Å². The summed E-state index contributed by atoms with van der Waals surface area (Å²) in [5.41, 5.74) is 7.22. The maximum atomic E-state index is 13.0. The van der Waals surface area contributed by atoms with Crippen molar-refractivity contribution in [3.05, 3.63) is 72.2 Å². The average Bonchev–Trinajstić information content (AvgIpc) is 3.53. The molecule has 4 aromatic rings. The van der Waals surface area contributed by atoms with E-state index in [0.717, 1.165) is 18.3 Å². The minimum atomic E-state index is -4.56. The number of carbonyl (C=O) groups is 2. The third kappa shape index (κ3) is 6.18. The molecule has 43 heavy (non-hydrogen) atoms. The number of pyridine rings is 1. The summed E-state index contributed by atoms with van der Waals surface area (Å²) in [6.45, 7) is 1.70. The van der Waals surface area contributed by atoms with Crippen LogP contribution in [-0.2, 0) is 11.0 Å². The number of nitrogens with one attached hydrogen (secondary N) is 2. The van der Waals surface area contributed by atoms with Crippen molar-refractivity contribution in [1.29, 1.82) is 0 Å². The van der Waals surface area contributed by atoms with Gasteiger partial charge in [-0.3, -0.25) is 9.59 Å². The van der Waals surface area contributed by atoms with Gasteiger partial charge in [-0.2, -0.15) is 18.3 Å². The van der Waals surface area contributed by atoms with Gasteiger partial charge < -0.3 is 21.3 Å². The topological polar surface area (TPSA) is 144 Å². The number of nitrogens with zero attached hydrogens (tertiary/aromatic N) is 6. The standard InChI is InChI=1S/C29H28F3N9O2/c30-29(31,32)19-9-12-35-22(14-19)38-28(43)18-5-3-17(4-6-18)25-24-26(33)36-16-37-27(24)41(39-25)21-10-13-40(15-21)23(42)2-1-11-34-20-7-8-20/h1-6,9,12,14,16,20-21,34H,7-8,10-11,13,15H2,(H2,33,36,37)(H,35,38,43). The predicted octanol–water partition coefficient (Wildman–Crippen LogP) is 3.82. The lowest BCUT2D eigenvalue weighted by atomic mass is 10.1. The number of amides is 2. The zero-order valence-corrected chi connectivity index (χ0v) is 22.9. The molecule has 1 saturated heterocycles. The van der Waals surface area contributed by atoms with Crippen molar-refractivity contribution in [2.45, 2.75) is 37.5 Å². The highest BCUT2D eigenvalue weighted by Gasteiger charge is 2.32. The van der Waals surface area contributed by atoms with Crippen LogP contribution in [0.3, 0.4) is 0 Å². The summed E-state index contributed by atoms with van der Waals surface area (Å²) in [5, 5.41) is 11.1. The van der Waals surface area contributed by atoms with Crippen molar-refractivity contribution in [3.63, 3.8) is 0 Å². The number of alkyl halides is 3. The number of nitrogens with two attached hydrogens (primary N) is 1. The molecule has 222 valence electrons. The van der Waals surface area contributed by atoms with Gasteiger partial charge in [-0.1, -0.05) is 18.2 Å². The molecule has 2 aliphatic rings. The van der Waals surface area contributed by atoms with E-state index in [0.29, 0.717) is 54.4 Å². The lowest BCUT2D eigenvalue weighted by molar-refractivity contribution is -0.137. The summed E-state index contributed by atoms with van der Waals surface area (Å²) < 4.78 is 40.8. The first-order valence-electron chi connectivity index (χ1n) is 13.8. The van der Waals surface area contributed by atoms with Crippen LogP contribution in [0.2, 0.25) is 0 Å². The van der Waals surface area contributed by atoms with Crippen LogP contribution in [0, 0.1) is 0 Å². The molecule has 3 aromatic heterocycles. The number of nitrogen functional groups attached to an aromatic ring is 1. The van der Waals surface area contributed by atoms with Crippen LogP contribution in [0.25, 0.3) is 22.3 Å². The number of halogens is 3. The van der Waals surface area contributed by atoms with Crippen LogP contribution in [0.15, 0.2) is 61.1 Å².